The zero-order valence-electron chi connectivity index (χ0n) is 24.6. The van der Waals surface area contributed by atoms with Crippen LogP contribution in [0.25, 0.3) is 5.69 Å². The number of rotatable bonds is 10. The number of thiocarbonyl (C=S) groups is 1. The van der Waals surface area contributed by atoms with Gasteiger partial charge in [-0.2, -0.15) is 5.10 Å². The predicted molar refractivity (Wildman–Crippen MR) is 168 cm³/mol. The van der Waals surface area contributed by atoms with Crippen LogP contribution in [0, 0.1) is 13.8 Å². The molecule has 11 heteroatoms. The number of nitrogens with zero attached hydrogens (tertiary/aromatic N) is 3. The summed E-state index contributed by atoms with van der Waals surface area (Å²) in [5.74, 6) is -0.466. The zero-order valence-corrected chi connectivity index (χ0v) is 25.5. The molecule has 1 atom stereocenters. The zero-order chi connectivity index (χ0) is 30.4. The maximum absolute atomic E-state index is 12.7. The van der Waals surface area contributed by atoms with Crippen LogP contribution in [0.2, 0.25) is 0 Å². The first-order valence-electron chi connectivity index (χ1n) is 13.6. The Labute approximate surface area is 251 Å². The van der Waals surface area contributed by atoms with Crippen LogP contribution in [0.1, 0.15) is 42.4 Å². The molecule has 0 saturated heterocycles. The third-order valence-electron chi connectivity index (χ3n) is 6.84. The summed E-state index contributed by atoms with van der Waals surface area (Å²) < 4.78 is 13.3. The van der Waals surface area contributed by atoms with Gasteiger partial charge in [-0.3, -0.25) is 4.79 Å². The summed E-state index contributed by atoms with van der Waals surface area (Å²) in [7, 11) is 4.02. The van der Waals surface area contributed by atoms with Crippen molar-refractivity contribution in [3.8, 4) is 11.4 Å². The van der Waals surface area contributed by atoms with Crippen LogP contribution >= 0.6 is 12.2 Å². The molecule has 3 N–H and O–H groups in total. The van der Waals surface area contributed by atoms with Crippen molar-refractivity contribution in [1.82, 2.24) is 20.6 Å². The van der Waals surface area contributed by atoms with Crippen molar-refractivity contribution >= 4 is 41.1 Å². The monoisotopic (exact) mass is 588 g/mol. The molecule has 0 fully saturated rings. The van der Waals surface area contributed by atoms with E-state index in [4.69, 9.17) is 21.7 Å². The molecule has 1 aromatic heterocycles. The summed E-state index contributed by atoms with van der Waals surface area (Å²) in [4.78, 5) is 27.4. The molecule has 10 nitrogen and oxygen atoms in total. The Kier molecular flexibility index (Phi) is 9.64. The van der Waals surface area contributed by atoms with Crippen molar-refractivity contribution in [2.24, 2.45) is 5.10 Å². The van der Waals surface area contributed by atoms with E-state index in [2.05, 4.69) is 54.9 Å². The number of allylic oxidation sites excluding steroid dienone is 1. The molecule has 0 spiro atoms. The maximum atomic E-state index is 12.7. The van der Waals surface area contributed by atoms with E-state index in [0.29, 0.717) is 27.7 Å². The van der Waals surface area contributed by atoms with Crippen LogP contribution in [-0.2, 0) is 14.3 Å². The highest BCUT2D eigenvalue weighted by Crippen LogP contribution is 2.33. The fourth-order valence-electron chi connectivity index (χ4n) is 4.82. The van der Waals surface area contributed by atoms with Crippen LogP contribution in [0.3, 0.4) is 0 Å². The van der Waals surface area contributed by atoms with Gasteiger partial charge >= 0.3 is 5.97 Å². The third-order valence-corrected chi connectivity index (χ3v) is 7.06. The Balaban J connectivity index is 1.43. The van der Waals surface area contributed by atoms with Gasteiger partial charge in [-0.25, -0.2) is 10.2 Å². The fraction of sp³-hybridized carbons (Fsp3) is 0.290. The lowest BCUT2D eigenvalue weighted by Crippen LogP contribution is -2.45. The van der Waals surface area contributed by atoms with Gasteiger partial charge in [0.1, 0.15) is 5.75 Å². The average Bonchev–Trinajstić information content (AvgIpc) is 3.24. The number of ether oxygens (including phenoxy) is 2. The SMILES string of the molecule is CCOC(=O)C1=C(C)NC(=S)N[C@H]1c1ccccc1OCC(=O)NN=Cc1cc(C)n(-c2ccc(N(C)C)cc2)c1C. The highest BCUT2D eigenvalue weighted by molar-refractivity contribution is 7.80. The van der Waals surface area contributed by atoms with E-state index in [9.17, 15) is 9.59 Å². The number of hydrazone groups is 1. The minimum absolute atomic E-state index is 0.235. The first-order valence-corrected chi connectivity index (χ1v) is 14.0. The quantitative estimate of drug-likeness (QED) is 0.141. The van der Waals surface area contributed by atoms with Crippen molar-refractivity contribution < 1.29 is 19.1 Å². The Morgan fingerprint density at radius 3 is 2.52 bits per heavy atom. The Bertz CT molecular complexity index is 1540. The topological polar surface area (TPSA) is 109 Å². The molecule has 220 valence electrons. The summed E-state index contributed by atoms with van der Waals surface area (Å²) >= 11 is 5.33. The summed E-state index contributed by atoms with van der Waals surface area (Å²) in [5, 5.41) is 10.6. The van der Waals surface area contributed by atoms with Crippen LogP contribution in [0.4, 0.5) is 5.69 Å². The molecule has 0 bridgehead atoms. The molecule has 2 aromatic carbocycles. The number of carbonyl (C=O) groups excluding carboxylic acids is 2. The van der Waals surface area contributed by atoms with Gasteiger partial charge in [-0.1, -0.05) is 18.2 Å². The Hall–Kier alpha value is -4.64. The van der Waals surface area contributed by atoms with E-state index >= 15 is 0 Å². The molecule has 1 amide bonds. The van der Waals surface area contributed by atoms with E-state index in [1.54, 1.807) is 32.2 Å². The van der Waals surface area contributed by atoms with E-state index in [1.165, 1.54) is 0 Å². The van der Waals surface area contributed by atoms with Crippen molar-refractivity contribution in [2.75, 3.05) is 32.2 Å². The predicted octanol–water partition coefficient (Wildman–Crippen LogP) is 4.05. The van der Waals surface area contributed by atoms with Crippen LogP contribution < -0.4 is 25.7 Å². The Morgan fingerprint density at radius 2 is 1.83 bits per heavy atom. The normalized spacial score (nSPS) is 14.8. The Morgan fingerprint density at radius 1 is 1.12 bits per heavy atom. The van der Waals surface area contributed by atoms with Gasteiger partial charge in [0.25, 0.3) is 5.91 Å². The molecular weight excluding hydrogens is 552 g/mol. The first kappa shape index (κ1) is 30.3. The number of nitrogens with one attached hydrogen (secondary N) is 3. The van der Waals surface area contributed by atoms with Crippen molar-refractivity contribution in [3.05, 3.63) is 88.4 Å². The second kappa shape index (κ2) is 13.3. The van der Waals surface area contributed by atoms with Crippen molar-refractivity contribution in [1.29, 1.82) is 0 Å². The lowest BCUT2D eigenvalue weighted by atomic mass is 9.95. The summed E-state index contributed by atoms with van der Waals surface area (Å²) in [6, 6.07) is 16.9. The van der Waals surface area contributed by atoms with Gasteiger partial charge < -0.3 is 29.6 Å². The number of carbonyl (C=O) groups is 2. The molecule has 2 heterocycles. The highest BCUT2D eigenvalue weighted by Gasteiger charge is 2.32. The largest absolute Gasteiger partial charge is 0.483 e. The standard InChI is InChI=1S/C31H36N6O4S/c1-7-40-30(39)28-20(3)33-31(42)34-29(28)25-10-8-9-11-26(25)41-18-27(38)35-32-17-22-16-19(2)37(21(22)4)24-14-12-23(13-15-24)36(5)6/h8-17,29H,7,18H2,1-6H3,(H,35,38)(H2,33,34,42)/t29-/m0/s1. The number of hydrogen-bond donors (Lipinski definition) is 3. The fourth-order valence-corrected chi connectivity index (χ4v) is 5.09. The highest BCUT2D eigenvalue weighted by atomic mass is 32.1. The number of para-hydroxylation sites is 1. The average molecular weight is 589 g/mol. The molecule has 0 radical (unpaired) electrons. The van der Waals surface area contributed by atoms with Gasteiger partial charge in [0.15, 0.2) is 11.7 Å². The molecule has 3 aromatic rings. The number of esters is 1. The maximum Gasteiger partial charge on any atom is 0.338 e. The number of anilines is 1. The van der Waals surface area contributed by atoms with Crippen LogP contribution in [0.5, 0.6) is 5.75 Å². The molecule has 0 unspecified atom stereocenters. The lowest BCUT2D eigenvalue weighted by Gasteiger charge is -2.30. The van der Waals surface area contributed by atoms with Gasteiger partial charge in [0, 0.05) is 53.7 Å². The number of hydrogen-bond acceptors (Lipinski definition) is 7. The minimum Gasteiger partial charge on any atom is -0.483 e. The molecule has 1 aliphatic heterocycles. The number of benzene rings is 2. The smallest absolute Gasteiger partial charge is 0.338 e. The summed E-state index contributed by atoms with van der Waals surface area (Å²) in [5.41, 5.74) is 9.27. The van der Waals surface area contributed by atoms with E-state index in [1.807, 2.05) is 46.1 Å². The van der Waals surface area contributed by atoms with Crippen molar-refractivity contribution in [3.63, 3.8) is 0 Å². The third kappa shape index (κ3) is 6.80. The van der Waals surface area contributed by atoms with Gasteiger partial charge in [-0.05, 0) is 76.3 Å². The van der Waals surface area contributed by atoms with Crippen molar-refractivity contribution in [2.45, 2.75) is 33.7 Å². The van der Waals surface area contributed by atoms with Crippen LogP contribution in [-0.4, -0.2) is 55.1 Å². The molecule has 4 rings (SSSR count). The van der Waals surface area contributed by atoms with Crippen LogP contribution in [0.15, 0.2) is 71.0 Å². The summed E-state index contributed by atoms with van der Waals surface area (Å²) in [6.45, 7) is 7.51. The second-order valence-electron chi connectivity index (χ2n) is 9.98. The molecule has 0 saturated carbocycles. The lowest BCUT2D eigenvalue weighted by molar-refractivity contribution is -0.139. The summed E-state index contributed by atoms with van der Waals surface area (Å²) in [6.07, 6.45) is 1.62. The van der Waals surface area contributed by atoms with Gasteiger partial charge in [-0.15, -0.1) is 0 Å². The first-order chi connectivity index (χ1) is 20.1. The molecule has 1 aliphatic rings. The second-order valence-corrected chi connectivity index (χ2v) is 10.4. The van der Waals surface area contributed by atoms with Gasteiger partial charge in [0.2, 0.25) is 0 Å². The molecular formula is C31H36N6O4S. The molecule has 0 aliphatic carbocycles. The van der Waals surface area contributed by atoms with Gasteiger partial charge in [0.05, 0.1) is 24.4 Å². The number of aromatic nitrogens is 1. The number of amides is 1. The molecule has 42 heavy (non-hydrogen) atoms. The minimum atomic E-state index is -0.607. The van der Waals surface area contributed by atoms with E-state index < -0.39 is 17.9 Å². The van der Waals surface area contributed by atoms with E-state index in [-0.39, 0.29) is 13.2 Å². The van der Waals surface area contributed by atoms with E-state index in [0.717, 1.165) is 28.3 Å². The number of aryl methyl sites for hydroxylation is 1.